The molecule has 2 rings (SSSR count). The van der Waals surface area contributed by atoms with Crippen molar-refractivity contribution in [2.75, 3.05) is 35.7 Å². The maximum atomic E-state index is 12.7. The Balaban J connectivity index is 1.95. The number of hydrogen-bond donors (Lipinski definition) is 1. The largest absolute Gasteiger partial charge is 0.357 e. The van der Waals surface area contributed by atoms with E-state index in [4.69, 9.17) is 0 Å². The van der Waals surface area contributed by atoms with E-state index in [0.29, 0.717) is 29.0 Å². The lowest BCUT2D eigenvalue weighted by Crippen LogP contribution is -2.44. The minimum absolute atomic E-state index is 0.0448. The molecule has 0 bridgehead atoms. The summed E-state index contributed by atoms with van der Waals surface area (Å²) in [5.74, 6) is 0.718. The lowest BCUT2D eigenvalue weighted by Gasteiger charge is -2.29. The normalized spacial score (nSPS) is 19.1. The van der Waals surface area contributed by atoms with E-state index in [1.807, 2.05) is 13.8 Å². The number of sulfone groups is 1. The third kappa shape index (κ3) is 6.27. The molecule has 2 heterocycles. The third-order valence-electron chi connectivity index (χ3n) is 3.65. The number of aromatic nitrogens is 2. The van der Waals surface area contributed by atoms with Crippen molar-refractivity contribution < 1.29 is 13.2 Å². The third-order valence-corrected chi connectivity index (χ3v) is 7.40. The van der Waals surface area contributed by atoms with Crippen molar-refractivity contribution >= 4 is 44.0 Å². The SMILES string of the molecule is C=CCNc1nnc(SCC(=O)N(CC(C)C)C2CCS(=O)(=O)C2)s1. The van der Waals surface area contributed by atoms with Crippen LogP contribution in [0.5, 0.6) is 0 Å². The number of thioether (sulfide) groups is 1. The second-order valence-corrected chi connectivity index (χ2v) is 10.8. The average Bonchev–Trinajstić information content (AvgIpc) is 3.14. The van der Waals surface area contributed by atoms with Crippen molar-refractivity contribution in [3.05, 3.63) is 12.7 Å². The van der Waals surface area contributed by atoms with Crippen molar-refractivity contribution in [1.29, 1.82) is 0 Å². The minimum atomic E-state index is -3.02. The number of nitrogens with zero attached hydrogens (tertiary/aromatic N) is 3. The summed E-state index contributed by atoms with van der Waals surface area (Å²) < 4.78 is 24.2. The second kappa shape index (κ2) is 9.00. The summed E-state index contributed by atoms with van der Waals surface area (Å²) in [4.78, 5) is 14.4. The molecule has 0 spiro atoms. The van der Waals surface area contributed by atoms with E-state index in [2.05, 4.69) is 22.1 Å². The van der Waals surface area contributed by atoms with Crippen molar-refractivity contribution in [3.8, 4) is 0 Å². The molecular formula is C15H24N4O3S3. The van der Waals surface area contributed by atoms with Crippen LogP contribution in [0.15, 0.2) is 17.0 Å². The Bertz CT molecular complexity index is 703. The van der Waals surface area contributed by atoms with Crippen LogP contribution in [-0.4, -0.2) is 65.8 Å². The van der Waals surface area contributed by atoms with Gasteiger partial charge >= 0.3 is 0 Å². The van der Waals surface area contributed by atoms with Crippen LogP contribution >= 0.6 is 23.1 Å². The molecular weight excluding hydrogens is 380 g/mol. The van der Waals surface area contributed by atoms with Crippen molar-refractivity contribution in [2.45, 2.75) is 30.6 Å². The van der Waals surface area contributed by atoms with Gasteiger partial charge in [0.2, 0.25) is 11.0 Å². The average molecular weight is 405 g/mol. The van der Waals surface area contributed by atoms with Gasteiger partial charge in [0.15, 0.2) is 14.2 Å². The van der Waals surface area contributed by atoms with Crippen LogP contribution in [-0.2, 0) is 14.6 Å². The number of nitrogens with one attached hydrogen (secondary N) is 1. The van der Waals surface area contributed by atoms with E-state index in [9.17, 15) is 13.2 Å². The lowest BCUT2D eigenvalue weighted by atomic mass is 10.1. The smallest absolute Gasteiger partial charge is 0.233 e. The number of carbonyl (C=O) groups is 1. The van der Waals surface area contributed by atoms with Gasteiger partial charge in [0.1, 0.15) is 0 Å². The van der Waals surface area contributed by atoms with Gasteiger partial charge in [-0.25, -0.2) is 8.42 Å². The van der Waals surface area contributed by atoms with Gasteiger partial charge in [-0.1, -0.05) is 43.0 Å². The highest BCUT2D eigenvalue weighted by Crippen LogP contribution is 2.27. The molecule has 1 saturated heterocycles. The van der Waals surface area contributed by atoms with Gasteiger partial charge in [-0.2, -0.15) is 0 Å². The molecule has 1 unspecified atom stereocenters. The Morgan fingerprint density at radius 3 is 2.88 bits per heavy atom. The Labute approximate surface area is 157 Å². The van der Waals surface area contributed by atoms with Gasteiger partial charge in [0.05, 0.1) is 17.3 Å². The van der Waals surface area contributed by atoms with E-state index >= 15 is 0 Å². The lowest BCUT2D eigenvalue weighted by molar-refractivity contribution is -0.130. The molecule has 0 saturated carbocycles. The first-order chi connectivity index (χ1) is 11.8. The van der Waals surface area contributed by atoms with Crippen LogP contribution in [0.3, 0.4) is 0 Å². The van der Waals surface area contributed by atoms with Crippen LogP contribution < -0.4 is 5.32 Å². The predicted octanol–water partition coefficient (Wildman–Crippen LogP) is 1.90. The molecule has 1 aliphatic heterocycles. The molecule has 1 amide bonds. The summed E-state index contributed by atoms with van der Waals surface area (Å²) in [5.41, 5.74) is 0. The van der Waals surface area contributed by atoms with E-state index in [1.54, 1.807) is 11.0 Å². The van der Waals surface area contributed by atoms with E-state index in [1.165, 1.54) is 23.1 Å². The Kier molecular flexibility index (Phi) is 7.26. The first-order valence-electron chi connectivity index (χ1n) is 8.11. The minimum Gasteiger partial charge on any atom is -0.357 e. The zero-order chi connectivity index (χ0) is 18.4. The molecule has 7 nitrogen and oxygen atoms in total. The van der Waals surface area contributed by atoms with Crippen LogP contribution in [0.4, 0.5) is 5.13 Å². The van der Waals surface area contributed by atoms with Crippen molar-refractivity contribution in [2.24, 2.45) is 5.92 Å². The van der Waals surface area contributed by atoms with Crippen molar-refractivity contribution in [1.82, 2.24) is 15.1 Å². The van der Waals surface area contributed by atoms with E-state index in [0.717, 1.165) is 0 Å². The highest BCUT2D eigenvalue weighted by atomic mass is 32.2. The summed E-state index contributed by atoms with van der Waals surface area (Å²) >= 11 is 2.72. The first-order valence-corrected chi connectivity index (χ1v) is 11.7. The summed E-state index contributed by atoms with van der Waals surface area (Å²) in [7, 11) is -3.02. The fourth-order valence-corrected chi connectivity index (χ4v) is 5.95. The standard InChI is InChI=1S/C15H24N4O3S3/c1-4-6-16-14-17-18-15(24-14)23-9-13(20)19(8-11(2)3)12-5-7-25(21,22)10-12/h4,11-12H,1,5-10H2,2-3H3,(H,16,17). The number of rotatable bonds is 9. The second-order valence-electron chi connectivity index (χ2n) is 6.33. The highest BCUT2D eigenvalue weighted by Gasteiger charge is 2.34. The summed E-state index contributed by atoms with van der Waals surface area (Å²) in [6.45, 7) is 8.86. The Morgan fingerprint density at radius 2 is 2.28 bits per heavy atom. The fraction of sp³-hybridized carbons (Fsp3) is 0.667. The number of anilines is 1. The molecule has 140 valence electrons. The summed E-state index contributed by atoms with van der Waals surface area (Å²) in [6.07, 6.45) is 2.26. The summed E-state index contributed by atoms with van der Waals surface area (Å²) in [6, 6.07) is -0.209. The Morgan fingerprint density at radius 1 is 1.52 bits per heavy atom. The van der Waals surface area contributed by atoms with Crippen LogP contribution in [0.1, 0.15) is 20.3 Å². The van der Waals surface area contributed by atoms with Gasteiger partial charge in [0.25, 0.3) is 0 Å². The predicted molar refractivity (Wildman–Crippen MR) is 103 cm³/mol. The maximum Gasteiger partial charge on any atom is 0.233 e. The first kappa shape index (κ1) is 20.2. The molecule has 1 N–H and O–H groups in total. The number of hydrogen-bond acceptors (Lipinski definition) is 8. The molecule has 0 aromatic carbocycles. The zero-order valence-corrected chi connectivity index (χ0v) is 16.9. The zero-order valence-electron chi connectivity index (χ0n) is 14.5. The van der Waals surface area contributed by atoms with Gasteiger partial charge < -0.3 is 10.2 Å². The van der Waals surface area contributed by atoms with E-state index < -0.39 is 9.84 Å². The van der Waals surface area contributed by atoms with Gasteiger partial charge in [-0.05, 0) is 12.3 Å². The molecule has 0 radical (unpaired) electrons. The van der Waals surface area contributed by atoms with Gasteiger partial charge in [-0.15, -0.1) is 16.8 Å². The van der Waals surface area contributed by atoms with E-state index in [-0.39, 0.29) is 35.1 Å². The van der Waals surface area contributed by atoms with Crippen LogP contribution in [0.25, 0.3) is 0 Å². The number of carbonyl (C=O) groups excluding carboxylic acids is 1. The number of amides is 1. The molecule has 1 aromatic heterocycles. The summed E-state index contributed by atoms with van der Waals surface area (Å²) in [5, 5.41) is 11.8. The molecule has 1 fully saturated rings. The van der Waals surface area contributed by atoms with Crippen LogP contribution in [0, 0.1) is 5.92 Å². The molecule has 10 heteroatoms. The quantitative estimate of drug-likeness (QED) is 0.496. The van der Waals surface area contributed by atoms with Crippen molar-refractivity contribution in [3.63, 3.8) is 0 Å². The Hall–Kier alpha value is -1.13. The molecule has 0 aliphatic carbocycles. The van der Waals surface area contributed by atoms with Crippen LogP contribution in [0.2, 0.25) is 0 Å². The molecule has 1 atom stereocenters. The fourth-order valence-electron chi connectivity index (χ4n) is 2.57. The van der Waals surface area contributed by atoms with Gasteiger partial charge in [0, 0.05) is 19.1 Å². The molecule has 1 aliphatic rings. The maximum absolute atomic E-state index is 12.7. The topological polar surface area (TPSA) is 92.3 Å². The molecule has 1 aromatic rings. The highest BCUT2D eigenvalue weighted by molar-refractivity contribution is 8.01. The molecule has 25 heavy (non-hydrogen) atoms. The van der Waals surface area contributed by atoms with Gasteiger partial charge in [-0.3, -0.25) is 4.79 Å². The monoisotopic (exact) mass is 404 g/mol.